The molecule has 106 valence electrons. The molecule has 0 spiro atoms. The number of aliphatic hydroxyl groups is 1. The van der Waals surface area contributed by atoms with Gasteiger partial charge in [0.2, 0.25) is 0 Å². The van der Waals surface area contributed by atoms with E-state index in [1.54, 1.807) is 0 Å². The van der Waals surface area contributed by atoms with Crippen LogP contribution in [0.5, 0.6) is 0 Å². The molecule has 19 heavy (non-hydrogen) atoms. The second-order valence-electron chi connectivity index (χ2n) is 6.90. The minimum Gasteiger partial charge on any atom is -0.395 e. The Morgan fingerprint density at radius 3 is 2.63 bits per heavy atom. The van der Waals surface area contributed by atoms with E-state index in [4.69, 9.17) is 4.98 Å². The highest BCUT2D eigenvalue weighted by atomic mass is 16.3. The molecular weight excluding hydrogens is 236 g/mol. The molecule has 3 nitrogen and oxygen atoms in total. The molecule has 1 N–H and O–H groups in total. The molecule has 0 atom stereocenters. The van der Waals surface area contributed by atoms with Crippen molar-refractivity contribution in [3.63, 3.8) is 0 Å². The van der Waals surface area contributed by atoms with Crippen molar-refractivity contribution in [3.05, 3.63) is 17.2 Å². The highest BCUT2D eigenvalue weighted by molar-refractivity contribution is 5.28. The van der Waals surface area contributed by atoms with Crippen molar-refractivity contribution in [2.24, 2.45) is 0 Å². The van der Waals surface area contributed by atoms with Crippen molar-refractivity contribution in [1.29, 1.82) is 0 Å². The summed E-state index contributed by atoms with van der Waals surface area (Å²) in [5.41, 5.74) is 2.37. The maximum Gasteiger partial charge on any atom is 0.112 e. The fourth-order valence-corrected chi connectivity index (χ4v) is 3.68. The second-order valence-corrected chi connectivity index (χ2v) is 6.90. The van der Waals surface area contributed by atoms with Gasteiger partial charge in [0.15, 0.2) is 0 Å². The minimum atomic E-state index is -0.203. The van der Waals surface area contributed by atoms with Gasteiger partial charge >= 0.3 is 0 Å². The third-order valence-electron chi connectivity index (χ3n) is 4.90. The van der Waals surface area contributed by atoms with Gasteiger partial charge < -0.3 is 9.67 Å². The average Bonchev–Trinajstić information content (AvgIpc) is 3.05. The minimum absolute atomic E-state index is 0.182. The van der Waals surface area contributed by atoms with Gasteiger partial charge in [-0.05, 0) is 32.1 Å². The first-order valence-electron chi connectivity index (χ1n) is 7.84. The summed E-state index contributed by atoms with van der Waals surface area (Å²) in [5, 5.41) is 9.67. The van der Waals surface area contributed by atoms with Crippen LogP contribution < -0.4 is 0 Å². The molecule has 2 aliphatic rings. The molecular formula is C16H26N2O. The topological polar surface area (TPSA) is 38.1 Å². The molecule has 1 aromatic rings. The SMILES string of the molecule is CC(C)(CO)c1nc(C2CCCC2)n2c1CCCC2. The number of aliphatic hydroxyl groups excluding tert-OH is 1. The molecule has 1 fully saturated rings. The van der Waals surface area contributed by atoms with E-state index in [0.717, 1.165) is 18.7 Å². The molecule has 3 rings (SSSR count). The number of nitrogens with zero attached hydrogens (tertiary/aromatic N) is 2. The quantitative estimate of drug-likeness (QED) is 0.908. The fourth-order valence-electron chi connectivity index (χ4n) is 3.68. The average molecular weight is 262 g/mol. The van der Waals surface area contributed by atoms with Crippen LogP contribution in [0.25, 0.3) is 0 Å². The zero-order valence-electron chi connectivity index (χ0n) is 12.3. The van der Waals surface area contributed by atoms with Crippen LogP contribution in [0.1, 0.15) is 75.5 Å². The van der Waals surface area contributed by atoms with Gasteiger partial charge in [-0.2, -0.15) is 0 Å². The summed E-state index contributed by atoms with van der Waals surface area (Å²) in [4.78, 5) is 5.02. The van der Waals surface area contributed by atoms with E-state index in [1.165, 1.54) is 50.0 Å². The first-order chi connectivity index (χ1) is 9.13. The van der Waals surface area contributed by atoms with Crippen LogP contribution in [0.2, 0.25) is 0 Å². The van der Waals surface area contributed by atoms with Crippen molar-refractivity contribution in [3.8, 4) is 0 Å². The lowest BCUT2D eigenvalue weighted by molar-refractivity contribution is 0.214. The summed E-state index contributed by atoms with van der Waals surface area (Å²) in [6.07, 6.45) is 8.99. The van der Waals surface area contributed by atoms with Crippen LogP contribution in [0.3, 0.4) is 0 Å². The maximum absolute atomic E-state index is 9.67. The highest BCUT2D eigenvalue weighted by Gasteiger charge is 2.33. The zero-order valence-corrected chi connectivity index (χ0v) is 12.3. The Morgan fingerprint density at radius 2 is 1.95 bits per heavy atom. The molecule has 1 aliphatic heterocycles. The third-order valence-corrected chi connectivity index (χ3v) is 4.90. The smallest absolute Gasteiger partial charge is 0.112 e. The Hall–Kier alpha value is -0.830. The zero-order chi connectivity index (χ0) is 13.5. The summed E-state index contributed by atoms with van der Waals surface area (Å²) in [6.45, 7) is 5.54. The van der Waals surface area contributed by atoms with Crippen LogP contribution in [0.4, 0.5) is 0 Å². The molecule has 0 amide bonds. The van der Waals surface area contributed by atoms with Gasteiger partial charge in [-0.15, -0.1) is 0 Å². The van der Waals surface area contributed by atoms with E-state index in [-0.39, 0.29) is 12.0 Å². The molecule has 0 radical (unpaired) electrons. The van der Waals surface area contributed by atoms with E-state index in [1.807, 2.05) is 0 Å². The monoisotopic (exact) mass is 262 g/mol. The summed E-state index contributed by atoms with van der Waals surface area (Å²) in [6, 6.07) is 0. The van der Waals surface area contributed by atoms with Crippen LogP contribution in [0.15, 0.2) is 0 Å². The second kappa shape index (κ2) is 4.93. The van der Waals surface area contributed by atoms with E-state index >= 15 is 0 Å². The molecule has 0 bridgehead atoms. The predicted molar refractivity (Wildman–Crippen MR) is 76.5 cm³/mol. The summed E-state index contributed by atoms with van der Waals surface area (Å²) in [7, 11) is 0. The Kier molecular flexibility index (Phi) is 3.42. The molecule has 1 saturated carbocycles. The van der Waals surface area contributed by atoms with Gasteiger partial charge in [-0.25, -0.2) is 4.98 Å². The van der Waals surface area contributed by atoms with Crippen molar-refractivity contribution in [2.75, 3.05) is 6.61 Å². The Bertz CT molecular complexity index is 456. The summed E-state index contributed by atoms with van der Waals surface area (Å²) in [5.74, 6) is 1.99. The molecule has 0 unspecified atom stereocenters. The largest absolute Gasteiger partial charge is 0.395 e. The number of hydrogen-bond acceptors (Lipinski definition) is 2. The molecule has 1 aliphatic carbocycles. The molecule has 1 aromatic heterocycles. The van der Waals surface area contributed by atoms with Crippen molar-refractivity contribution >= 4 is 0 Å². The summed E-state index contributed by atoms with van der Waals surface area (Å²) >= 11 is 0. The van der Waals surface area contributed by atoms with E-state index in [0.29, 0.717) is 5.92 Å². The van der Waals surface area contributed by atoms with Gasteiger partial charge in [0.25, 0.3) is 0 Å². The van der Waals surface area contributed by atoms with Crippen LogP contribution in [-0.2, 0) is 18.4 Å². The van der Waals surface area contributed by atoms with Gasteiger partial charge in [-0.1, -0.05) is 26.7 Å². The molecule has 0 saturated heterocycles. The highest BCUT2D eigenvalue weighted by Crippen LogP contribution is 2.38. The molecule has 2 heterocycles. The first kappa shape index (κ1) is 13.2. The standard InChI is InChI=1S/C16H26N2O/c1-16(2,11-19)14-13-9-5-6-10-18(13)15(17-14)12-7-3-4-8-12/h12,19H,3-11H2,1-2H3. The van der Waals surface area contributed by atoms with Crippen molar-refractivity contribution < 1.29 is 5.11 Å². The van der Waals surface area contributed by atoms with Gasteiger partial charge in [0, 0.05) is 23.6 Å². The Morgan fingerprint density at radius 1 is 1.21 bits per heavy atom. The van der Waals surface area contributed by atoms with Crippen LogP contribution in [0, 0.1) is 0 Å². The van der Waals surface area contributed by atoms with Crippen molar-refractivity contribution in [1.82, 2.24) is 9.55 Å². The Balaban J connectivity index is 2.05. The normalized spacial score (nSPS) is 20.8. The number of fused-ring (bicyclic) bond motifs is 1. The number of imidazole rings is 1. The maximum atomic E-state index is 9.67. The van der Waals surface area contributed by atoms with Gasteiger partial charge in [0.1, 0.15) is 5.82 Å². The fraction of sp³-hybridized carbons (Fsp3) is 0.812. The third kappa shape index (κ3) is 2.22. The van der Waals surface area contributed by atoms with E-state index in [2.05, 4.69) is 18.4 Å². The van der Waals surface area contributed by atoms with Gasteiger partial charge in [-0.3, -0.25) is 0 Å². The number of aromatic nitrogens is 2. The van der Waals surface area contributed by atoms with Gasteiger partial charge in [0.05, 0.1) is 12.3 Å². The summed E-state index contributed by atoms with van der Waals surface area (Å²) < 4.78 is 2.49. The van der Waals surface area contributed by atoms with E-state index < -0.39 is 0 Å². The lowest BCUT2D eigenvalue weighted by atomic mass is 9.87. The lowest BCUT2D eigenvalue weighted by Gasteiger charge is -2.24. The first-order valence-corrected chi connectivity index (χ1v) is 7.84. The van der Waals surface area contributed by atoms with Crippen LogP contribution >= 0.6 is 0 Å². The number of rotatable bonds is 3. The molecule has 0 aromatic carbocycles. The molecule has 3 heteroatoms. The number of hydrogen-bond donors (Lipinski definition) is 1. The Labute approximate surface area is 116 Å². The predicted octanol–water partition coefficient (Wildman–Crippen LogP) is 3.15. The van der Waals surface area contributed by atoms with Crippen molar-refractivity contribution in [2.45, 2.75) is 76.7 Å². The van der Waals surface area contributed by atoms with E-state index in [9.17, 15) is 5.11 Å². The van der Waals surface area contributed by atoms with Crippen LogP contribution in [-0.4, -0.2) is 21.3 Å². The lowest BCUT2D eigenvalue weighted by Crippen LogP contribution is -2.25.